The topological polar surface area (TPSA) is 42.0 Å². The first-order chi connectivity index (χ1) is 13.7. The van der Waals surface area contributed by atoms with E-state index in [0.717, 1.165) is 45.0 Å². The monoisotopic (exact) mass is 378 g/mol. The molecule has 146 valence electrons. The van der Waals surface area contributed by atoms with Crippen LogP contribution < -0.4 is 4.74 Å². The summed E-state index contributed by atoms with van der Waals surface area (Å²) in [5.41, 5.74) is 3.89. The van der Waals surface area contributed by atoms with Gasteiger partial charge in [0.15, 0.2) is 0 Å². The van der Waals surface area contributed by atoms with Crippen LogP contribution in [0, 0.1) is 5.41 Å². The van der Waals surface area contributed by atoms with E-state index in [9.17, 15) is 4.79 Å². The van der Waals surface area contributed by atoms with Crippen molar-refractivity contribution in [3.63, 3.8) is 0 Å². The molecule has 0 saturated carbocycles. The summed E-state index contributed by atoms with van der Waals surface area (Å²) >= 11 is 0. The number of ether oxygens (including phenoxy) is 2. The molecule has 3 aliphatic rings. The van der Waals surface area contributed by atoms with Crippen molar-refractivity contribution in [2.45, 2.75) is 19.5 Å². The number of hydrogen-bond acceptors (Lipinski definition) is 4. The van der Waals surface area contributed by atoms with Crippen molar-refractivity contribution in [1.29, 1.82) is 0 Å². The molecule has 0 atom stereocenters. The van der Waals surface area contributed by atoms with E-state index < -0.39 is 0 Å². The number of carbonyl (C=O) groups excluding carboxylic acids is 1. The second kappa shape index (κ2) is 7.22. The van der Waals surface area contributed by atoms with E-state index in [2.05, 4.69) is 35.2 Å². The van der Waals surface area contributed by atoms with Crippen molar-refractivity contribution in [2.75, 3.05) is 39.5 Å². The van der Waals surface area contributed by atoms with Crippen LogP contribution in [0.15, 0.2) is 48.5 Å². The van der Waals surface area contributed by atoms with Gasteiger partial charge in [-0.15, -0.1) is 0 Å². The lowest BCUT2D eigenvalue weighted by atomic mass is 9.79. The van der Waals surface area contributed by atoms with Crippen LogP contribution in [0.2, 0.25) is 0 Å². The highest BCUT2D eigenvalue weighted by Gasteiger charge is 2.46. The van der Waals surface area contributed by atoms with Crippen LogP contribution in [-0.2, 0) is 29.0 Å². The van der Waals surface area contributed by atoms with Crippen molar-refractivity contribution in [1.82, 2.24) is 9.80 Å². The molecule has 3 heterocycles. The zero-order valence-electron chi connectivity index (χ0n) is 16.1. The van der Waals surface area contributed by atoms with Gasteiger partial charge in [0.25, 0.3) is 0 Å². The lowest BCUT2D eigenvalue weighted by Crippen LogP contribution is -2.61. The highest BCUT2D eigenvalue weighted by Crippen LogP contribution is 2.36. The average molecular weight is 378 g/mol. The van der Waals surface area contributed by atoms with Gasteiger partial charge in [-0.25, -0.2) is 0 Å². The number of hydrogen-bond donors (Lipinski definition) is 0. The van der Waals surface area contributed by atoms with Crippen LogP contribution in [0.5, 0.6) is 5.75 Å². The molecule has 2 aromatic rings. The maximum absolute atomic E-state index is 12.5. The molecule has 5 heteroatoms. The van der Waals surface area contributed by atoms with Gasteiger partial charge < -0.3 is 14.4 Å². The van der Waals surface area contributed by atoms with E-state index in [-0.39, 0.29) is 17.9 Å². The third kappa shape index (κ3) is 3.52. The SMILES string of the molecule is O=C1COCC2(CN(Cc3ccc4c(c3)CCO4)C2)CN1Cc1ccccc1. The number of benzene rings is 2. The fraction of sp³-hybridized carbons (Fsp3) is 0.435. The fourth-order valence-electron chi connectivity index (χ4n) is 4.73. The summed E-state index contributed by atoms with van der Waals surface area (Å²) in [6.07, 6.45) is 1.01. The minimum absolute atomic E-state index is 0.0563. The summed E-state index contributed by atoms with van der Waals surface area (Å²) < 4.78 is 11.4. The van der Waals surface area contributed by atoms with Crippen molar-refractivity contribution in [3.8, 4) is 5.75 Å². The maximum atomic E-state index is 12.5. The lowest BCUT2D eigenvalue weighted by molar-refractivity contribution is -0.134. The smallest absolute Gasteiger partial charge is 0.248 e. The highest BCUT2D eigenvalue weighted by atomic mass is 16.5. The van der Waals surface area contributed by atoms with Gasteiger partial charge in [0.1, 0.15) is 12.4 Å². The van der Waals surface area contributed by atoms with Gasteiger partial charge in [0, 0.05) is 44.6 Å². The summed E-state index contributed by atoms with van der Waals surface area (Å²) in [7, 11) is 0. The standard InChI is InChI=1S/C23H26N2O3/c26-22-13-27-17-23(16-25(22)12-18-4-2-1-3-5-18)14-24(15-23)11-19-6-7-21-20(10-19)8-9-28-21/h1-7,10H,8-9,11-17H2. The van der Waals surface area contributed by atoms with Crippen molar-refractivity contribution in [2.24, 2.45) is 5.41 Å². The Morgan fingerprint density at radius 2 is 1.82 bits per heavy atom. The number of fused-ring (bicyclic) bond motifs is 1. The molecule has 0 aliphatic carbocycles. The minimum Gasteiger partial charge on any atom is -0.493 e. The molecule has 0 bridgehead atoms. The predicted octanol–water partition coefficient (Wildman–Crippen LogP) is 2.48. The van der Waals surface area contributed by atoms with Crippen LogP contribution in [0.3, 0.4) is 0 Å². The van der Waals surface area contributed by atoms with E-state index in [1.54, 1.807) is 0 Å². The molecule has 1 spiro atoms. The van der Waals surface area contributed by atoms with Gasteiger partial charge in [-0.2, -0.15) is 0 Å². The average Bonchev–Trinajstić information content (AvgIpc) is 3.08. The number of amides is 1. The summed E-state index contributed by atoms with van der Waals surface area (Å²) in [5.74, 6) is 1.13. The zero-order valence-corrected chi connectivity index (χ0v) is 16.1. The van der Waals surface area contributed by atoms with Crippen LogP contribution in [0.4, 0.5) is 0 Å². The van der Waals surface area contributed by atoms with E-state index in [0.29, 0.717) is 13.2 Å². The Kier molecular flexibility index (Phi) is 4.57. The number of nitrogens with zero attached hydrogens (tertiary/aromatic N) is 2. The van der Waals surface area contributed by atoms with Gasteiger partial charge >= 0.3 is 0 Å². The Hall–Kier alpha value is -2.37. The van der Waals surface area contributed by atoms with Crippen molar-refractivity contribution in [3.05, 3.63) is 65.2 Å². The molecule has 3 aliphatic heterocycles. The summed E-state index contributed by atoms with van der Waals surface area (Å²) in [4.78, 5) is 16.9. The lowest BCUT2D eigenvalue weighted by Gasteiger charge is -2.50. The van der Waals surface area contributed by atoms with E-state index in [1.807, 2.05) is 23.1 Å². The van der Waals surface area contributed by atoms with E-state index in [1.165, 1.54) is 16.7 Å². The van der Waals surface area contributed by atoms with Gasteiger partial charge in [-0.05, 0) is 22.8 Å². The molecule has 2 saturated heterocycles. The van der Waals surface area contributed by atoms with Crippen LogP contribution in [0.1, 0.15) is 16.7 Å². The first kappa shape index (κ1) is 17.7. The Balaban J connectivity index is 1.23. The van der Waals surface area contributed by atoms with Gasteiger partial charge in [-0.1, -0.05) is 42.5 Å². The molecule has 2 fully saturated rings. The normalized spacial score (nSPS) is 21.1. The van der Waals surface area contributed by atoms with Crippen LogP contribution in [-0.4, -0.2) is 55.2 Å². The Morgan fingerprint density at radius 1 is 0.964 bits per heavy atom. The summed E-state index contributed by atoms with van der Waals surface area (Å²) in [6, 6.07) is 16.8. The Labute approximate surface area is 165 Å². The van der Waals surface area contributed by atoms with Gasteiger partial charge in [0.2, 0.25) is 5.91 Å². The van der Waals surface area contributed by atoms with E-state index in [4.69, 9.17) is 9.47 Å². The first-order valence-corrected chi connectivity index (χ1v) is 10.1. The zero-order chi connectivity index (χ0) is 19.0. The molecule has 0 aromatic heterocycles. The molecule has 0 radical (unpaired) electrons. The van der Waals surface area contributed by atoms with Crippen LogP contribution >= 0.6 is 0 Å². The highest BCUT2D eigenvalue weighted by molar-refractivity contribution is 5.77. The number of rotatable bonds is 4. The predicted molar refractivity (Wildman–Crippen MR) is 106 cm³/mol. The number of likely N-dealkylation sites (tertiary alicyclic amines) is 1. The molecule has 28 heavy (non-hydrogen) atoms. The second-order valence-electron chi connectivity index (χ2n) is 8.41. The molecule has 5 rings (SSSR count). The van der Waals surface area contributed by atoms with Crippen molar-refractivity contribution >= 4 is 5.91 Å². The third-order valence-electron chi connectivity index (χ3n) is 6.01. The molecule has 5 nitrogen and oxygen atoms in total. The molecular weight excluding hydrogens is 352 g/mol. The minimum atomic E-state index is 0.0563. The third-order valence-corrected chi connectivity index (χ3v) is 6.01. The first-order valence-electron chi connectivity index (χ1n) is 10.1. The Morgan fingerprint density at radius 3 is 2.68 bits per heavy atom. The molecular formula is C23H26N2O3. The van der Waals surface area contributed by atoms with Gasteiger partial charge in [-0.3, -0.25) is 9.69 Å². The van der Waals surface area contributed by atoms with Gasteiger partial charge in [0.05, 0.1) is 13.2 Å². The second-order valence-corrected chi connectivity index (χ2v) is 8.41. The molecule has 1 amide bonds. The fourth-order valence-corrected chi connectivity index (χ4v) is 4.73. The van der Waals surface area contributed by atoms with E-state index >= 15 is 0 Å². The largest absolute Gasteiger partial charge is 0.493 e. The summed E-state index contributed by atoms with van der Waals surface area (Å²) in [5, 5.41) is 0. The van der Waals surface area contributed by atoms with Crippen molar-refractivity contribution < 1.29 is 14.3 Å². The summed E-state index contributed by atoms with van der Waals surface area (Å²) in [6.45, 7) is 5.98. The number of carbonyl (C=O) groups is 1. The van der Waals surface area contributed by atoms with Crippen LogP contribution in [0.25, 0.3) is 0 Å². The molecule has 0 N–H and O–H groups in total. The molecule has 2 aromatic carbocycles. The Bertz CT molecular complexity index is 861. The maximum Gasteiger partial charge on any atom is 0.248 e. The quantitative estimate of drug-likeness (QED) is 0.820. The molecule has 0 unspecified atom stereocenters.